The number of carbonyl (C=O) groups excluding carboxylic acids is 1. The Morgan fingerprint density at radius 2 is 1.66 bits per heavy atom. The number of hydrogen-bond donors (Lipinski definition) is 6. The van der Waals surface area contributed by atoms with Crippen LogP contribution in [0.15, 0.2) is 42.5 Å². The third-order valence-corrected chi connectivity index (χ3v) is 5.08. The second kappa shape index (κ2) is 10.8. The predicted octanol–water partition coefficient (Wildman–Crippen LogP) is 3.66. The zero-order chi connectivity index (χ0) is 25.6. The van der Waals surface area contributed by atoms with Crippen molar-refractivity contribution in [1.82, 2.24) is 25.9 Å². The number of aromatic nitrogens is 2. The molecule has 0 fully saturated rings. The van der Waals surface area contributed by atoms with Crippen molar-refractivity contribution < 1.29 is 37.8 Å². The van der Waals surface area contributed by atoms with Crippen LogP contribution < -0.4 is 16.0 Å². The number of hydrogen-bond acceptors (Lipinski definition) is 4. The summed E-state index contributed by atoms with van der Waals surface area (Å²) in [4.78, 5) is 41.1. The molecule has 0 unspecified atom stereocenters. The number of alkyl halides is 3. The largest absolute Gasteiger partial charge is 0.465 e. The lowest BCUT2D eigenvalue weighted by Gasteiger charge is -2.17. The first-order valence-corrected chi connectivity index (χ1v) is 10.4. The molecule has 6 N–H and O–H groups in total. The number of carbonyl (C=O) groups is 3. The summed E-state index contributed by atoms with van der Waals surface area (Å²) < 4.78 is 38.3. The molecule has 0 radical (unpaired) electrons. The molecule has 2 aromatic carbocycles. The topological polar surface area (TPSA) is 156 Å². The van der Waals surface area contributed by atoms with Crippen molar-refractivity contribution in [3.63, 3.8) is 0 Å². The zero-order valence-corrected chi connectivity index (χ0v) is 18.1. The lowest BCUT2D eigenvalue weighted by atomic mass is 10.0. The molecule has 3 aromatic rings. The van der Waals surface area contributed by atoms with Gasteiger partial charge in [0.2, 0.25) is 0 Å². The molecule has 186 valence electrons. The molecule has 1 heterocycles. The number of amides is 3. The molecule has 0 saturated heterocycles. The number of halogens is 3. The monoisotopic (exact) mass is 493 g/mol. The van der Waals surface area contributed by atoms with Crippen LogP contribution in [-0.4, -0.2) is 57.4 Å². The van der Waals surface area contributed by atoms with Gasteiger partial charge in [-0.1, -0.05) is 18.2 Å². The van der Waals surface area contributed by atoms with E-state index < -0.39 is 35.9 Å². The molecule has 10 nitrogen and oxygen atoms in total. The van der Waals surface area contributed by atoms with E-state index in [-0.39, 0.29) is 25.3 Å². The molecule has 1 atom stereocenters. The van der Waals surface area contributed by atoms with E-state index in [1.807, 2.05) is 0 Å². The van der Waals surface area contributed by atoms with Crippen molar-refractivity contribution in [3.05, 3.63) is 53.9 Å². The fourth-order valence-electron chi connectivity index (χ4n) is 3.39. The maximum atomic E-state index is 12.8. The van der Waals surface area contributed by atoms with E-state index in [2.05, 4.69) is 25.9 Å². The highest BCUT2D eigenvalue weighted by molar-refractivity contribution is 5.95. The molecule has 35 heavy (non-hydrogen) atoms. The van der Waals surface area contributed by atoms with Crippen LogP contribution in [0.3, 0.4) is 0 Å². The highest BCUT2D eigenvalue weighted by atomic mass is 19.4. The Bertz CT molecular complexity index is 1210. The molecular weight excluding hydrogens is 471 g/mol. The van der Waals surface area contributed by atoms with Gasteiger partial charge in [0, 0.05) is 19.1 Å². The highest BCUT2D eigenvalue weighted by Gasteiger charge is 2.30. The van der Waals surface area contributed by atoms with Crippen molar-refractivity contribution in [3.8, 4) is 11.1 Å². The Balaban J connectivity index is 1.66. The first-order valence-electron chi connectivity index (χ1n) is 10.4. The quantitative estimate of drug-likeness (QED) is 0.250. The van der Waals surface area contributed by atoms with Crippen LogP contribution in [0.25, 0.3) is 22.2 Å². The van der Waals surface area contributed by atoms with Gasteiger partial charge in [-0.15, -0.1) is 0 Å². The molecule has 0 aliphatic carbocycles. The summed E-state index contributed by atoms with van der Waals surface area (Å²) in [7, 11) is 0. The van der Waals surface area contributed by atoms with Gasteiger partial charge in [-0.2, -0.15) is 13.2 Å². The normalized spacial score (nSPS) is 12.2. The van der Waals surface area contributed by atoms with Gasteiger partial charge in [-0.05, 0) is 48.2 Å². The second-order valence-electron chi connectivity index (χ2n) is 7.62. The summed E-state index contributed by atoms with van der Waals surface area (Å²) in [5.41, 5.74) is 1.39. The van der Waals surface area contributed by atoms with Crippen molar-refractivity contribution in [2.75, 3.05) is 13.1 Å². The molecule has 3 rings (SSSR count). The molecule has 0 aliphatic heterocycles. The maximum absolute atomic E-state index is 12.8. The number of aromatic amines is 1. The van der Waals surface area contributed by atoms with Crippen LogP contribution >= 0.6 is 0 Å². The molecular formula is C22H22F3N5O5. The molecule has 0 spiro atoms. The van der Waals surface area contributed by atoms with Gasteiger partial charge in [0.05, 0.1) is 16.6 Å². The predicted molar refractivity (Wildman–Crippen MR) is 119 cm³/mol. The van der Waals surface area contributed by atoms with Crippen molar-refractivity contribution in [1.29, 1.82) is 0 Å². The third kappa shape index (κ3) is 7.09. The minimum Gasteiger partial charge on any atom is -0.465 e. The Morgan fingerprint density at radius 1 is 0.971 bits per heavy atom. The van der Waals surface area contributed by atoms with Crippen LogP contribution in [0.2, 0.25) is 0 Å². The number of rotatable bonds is 9. The van der Waals surface area contributed by atoms with E-state index in [9.17, 15) is 27.6 Å². The Kier molecular flexibility index (Phi) is 7.79. The summed E-state index contributed by atoms with van der Waals surface area (Å²) in [5, 5.41) is 24.6. The molecule has 13 heteroatoms. The van der Waals surface area contributed by atoms with E-state index in [1.54, 1.807) is 18.2 Å². The van der Waals surface area contributed by atoms with Gasteiger partial charge in [0.15, 0.2) is 5.82 Å². The molecule has 0 aliphatic rings. The Morgan fingerprint density at radius 3 is 2.29 bits per heavy atom. The minimum absolute atomic E-state index is 0.0220. The fraction of sp³-hybridized carbons (Fsp3) is 0.273. The van der Waals surface area contributed by atoms with Crippen molar-refractivity contribution in [2.45, 2.75) is 25.1 Å². The first-order chi connectivity index (χ1) is 16.5. The van der Waals surface area contributed by atoms with Gasteiger partial charge >= 0.3 is 18.4 Å². The Labute approximate surface area is 196 Å². The fourth-order valence-corrected chi connectivity index (χ4v) is 3.39. The van der Waals surface area contributed by atoms with Crippen molar-refractivity contribution >= 4 is 29.1 Å². The van der Waals surface area contributed by atoms with Gasteiger partial charge in [-0.25, -0.2) is 14.6 Å². The number of nitrogens with zero attached hydrogens (tertiary/aromatic N) is 1. The van der Waals surface area contributed by atoms with Gasteiger partial charge in [0.1, 0.15) is 0 Å². The van der Waals surface area contributed by atoms with Crippen LogP contribution in [0.5, 0.6) is 0 Å². The van der Waals surface area contributed by atoms with E-state index in [4.69, 9.17) is 10.2 Å². The van der Waals surface area contributed by atoms with Crippen molar-refractivity contribution in [2.24, 2.45) is 0 Å². The van der Waals surface area contributed by atoms with Crippen LogP contribution in [0, 0.1) is 0 Å². The molecule has 3 amide bonds. The Hall–Kier alpha value is -4.29. The maximum Gasteiger partial charge on any atom is 0.416 e. The summed E-state index contributed by atoms with van der Waals surface area (Å²) in [6, 6.07) is 9.00. The minimum atomic E-state index is -4.43. The SMILES string of the molecule is O=C(O)NCCC[C@@H](CNC(=O)c1nc2ccc(-c3ccc(C(F)(F)F)cc3)cc2[nH]1)NC(=O)O. The van der Waals surface area contributed by atoms with Crippen LogP contribution in [0.1, 0.15) is 29.0 Å². The number of carboxylic acid groups (broad SMARTS) is 2. The number of benzene rings is 2. The molecule has 0 bridgehead atoms. The standard InChI is InChI=1S/C22H22F3N5O5/c23-22(24,25)14-6-3-12(4-7-14)13-5-8-16-17(10-13)30-18(29-16)19(31)27-11-15(28-21(34)35)2-1-9-26-20(32)33/h3-8,10,15,26,28H,1-2,9,11H2,(H,27,31)(H,29,30)(H,32,33)(H,34,35)/t15-/m0/s1. The van der Waals surface area contributed by atoms with Gasteiger partial charge in [-0.3, -0.25) is 4.79 Å². The van der Waals surface area contributed by atoms with E-state index >= 15 is 0 Å². The van der Waals surface area contributed by atoms with E-state index in [1.165, 1.54) is 12.1 Å². The number of H-pyrrole nitrogens is 1. The summed E-state index contributed by atoms with van der Waals surface area (Å²) in [5.74, 6) is -0.607. The smallest absolute Gasteiger partial charge is 0.416 e. The lowest BCUT2D eigenvalue weighted by Crippen LogP contribution is -2.43. The van der Waals surface area contributed by atoms with Crippen LogP contribution in [-0.2, 0) is 6.18 Å². The average molecular weight is 493 g/mol. The second-order valence-corrected chi connectivity index (χ2v) is 7.62. The summed E-state index contributed by atoms with van der Waals surface area (Å²) >= 11 is 0. The lowest BCUT2D eigenvalue weighted by molar-refractivity contribution is -0.137. The number of nitrogens with one attached hydrogen (secondary N) is 4. The molecule has 1 aromatic heterocycles. The zero-order valence-electron chi connectivity index (χ0n) is 18.1. The summed E-state index contributed by atoms with van der Waals surface area (Å²) in [6.07, 6.45) is -6.27. The van der Waals surface area contributed by atoms with Gasteiger partial charge in [0.25, 0.3) is 5.91 Å². The summed E-state index contributed by atoms with van der Waals surface area (Å²) in [6.45, 7) is 0.0813. The van der Waals surface area contributed by atoms with E-state index in [0.717, 1.165) is 12.1 Å². The number of fused-ring (bicyclic) bond motifs is 1. The molecule has 0 saturated carbocycles. The van der Waals surface area contributed by atoms with E-state index in [0.29, 0.717) is 28.6 Å². The first kappa shape index (κ1) is 25.3. The van der Waals surface area contributed by atoms with Gasteiger partial charge < -0.3 is 31.1 Å². The highest BCUT2D eigenvalue weighted by Crippen LogP contribution is 2.31. The average Bonchev–Trinajstić information content (AvgIpc) is 3.22. The third-order valence-electron chi connectivity index (χ3n) is 5.08. The number of imidazole rings is 1. The van der Waals surface area contributed by atoms with Crippen LogP contribution in [0.4, 0.5) is 22.8 Å².